The fraction of sp³-hybridized carbons (Fsp3) is 0.273. The van der Waals surface area contributed by atoms with Gasteiger partial charge in [-0.2, -0.15) is 4.68 Å². The van der Waals surface area contributed by atoms with Crippen LogP contribution in [-0.4, -0.2) is 26.0 Å². The molecule has 1 N–H and O–H groups in total. The fourth-order valence-corrected chi connectivity index (χ4v) is 2.41. The first-order valence-electron chi connectivity index (χ1n) is 5.66. The summed E-state index contributed by atoms with van der Waals surface area (Å²) in [5.41, 5.74) is 0.0565. The van der Waals surface area contributed by atoms with Crippen LogP contribution in [0.15, 0.2) is 27.6 Å². The van der Waals surface area contributed by atoms with Crippen LogP contribution in [0.3, 0.4) is 0 Å². The van der Waals surface area contributed by atoms with Crippen molar-refractivity contribution in [1.29, 1.82) is 0 Å². The first-order chi connectivity index (χ1) is 9.06. The molecule has 2 aromatic heterocycles. The van der Waals surface area contributed by atoms with Crippen LogP contribution < -0.4 is 11.0 Å². The number of carbonyl (C=O) groups excluding carboxylic acids is 2. The van der Waals surface area contributed by atoms with E-state index in [2.05, 4.69) is 26.3 Å². The van der Waals surface area contributed by atoms with Gasteiger partial charge in [-0.15, -0.1) is 5.10 Å². The van der Waals surface area contributed by atoms with E-state index in [0.717, 1.165) is 9.15 Å². The number of nitrogens with zero attached hydrogens (tertiary/aromatic N) is 3. The van der Waals surface area contributed by atoms with Crippen molar-refractivity contribution in [3.63, 3.8) is 0 Å². The number of fused-ring (bicyclic) bond motifs is 1. The second-order valence-corrected chi connectivity index (χ2v) is 5.18. The van der Waals surface area contributed by atoms with Gasteiger partial charge < -0.3 is 0 Å². The predicted octanol–water partition coefficient (Wildman–Crippen LogP) is 0.236. The van der Waals surface area contributed by atoms with Gasteiger partial charge in [-0.1, -0.05) is 15.9 Å². The predicted molar refractivity (Wildman–Crippen MR) is 68.6 cm³/mol. The summed E-state index contributed by atoms with van der Waals surface area (Å²) in [6.45, 7) is 0. The molecule has 98 valence electrons. The van der Waals surface area contributed by atoms with Crippen molar-refractivity contribution in [2.24, 2.45) is 0 Å². The van der Waals surface area contributed by atoms with E-state index < -0.39 is 17.6 Å². The second-order valence-electron chi connectivity index (χ2n) is 4.27. The molecule has 1 fully saturated rings. The minimum absolute atomic E-state index is 0.209. The van der Waals surface area contributed by atoms with Crippen LogP contribution in [0.1, 0.15) is 18.9 Å². The zero-order valence-corrected chi connectivity index (χ0v) is 11.3. The molecule has 0 aromatic carbocycles. The van der Waals surface area contributed by atoms with Gasteiger partial charge in [0.05, 0.1) is 0 Å². The van der Waals surface area contributed by atoms with Crippen LogP contribution in [0.4, 0.5) is 0 Å². The van der Waals surface area contributed by atoms with Gasteiger partial charge in [0.15, 0.2) is 5.65 Å². The maximum atomic E-state index is 12.1. The third kappa shape index (κ3) is 1.97. The number of carbonyl (C=O) groups is 2. The third-order valence-corrected chi connectivity index (χ3v) is 3.51. The molecule has 8 heteroatoms. The maximum Gasteiger partial charge on any atom is 0.351 e. The van der Waals surface area contributed by atoms with Crippen LogP contribution in [0, 0.1) is 0 Å². The molecule has 1 aliphatic rings. The highest BCUT2D eigenvalue weighted by atomic mass is 79.9. The molecule has 3 heterocycles. The second kappa shape index (κ2) is 4.30. The summed E-state index contributed by atoms with van der Waals surface area (Å²) in [6, 6.07) is 2.66. The van der Waals surface area contributed by atoms with Gasteiger partial charge in [-0.05, 0) is 18.6 Å². The van der Waals surface area contributed by atoms with E-state index in [0.29, 0.717) is 5.65 Å². The smallest absolute Gasteiger partial charge is 0.295 e. The van der Waals surface area contributed by atoms with Crippen LogP contribution in [-0.2, 0) is 9.59 Å². The quantitative estimate of drug-likeness (QED) is 0.761. The number of hydrogen-bond donors (Lipinski definition) is 1. The molecule has 0 spiro atoms. The maximum absolute atomic E-state index is 12.1. The molecule has 1 unspecified atom stereocenters. The van der Waals surface area contributed by atoms with Crippen molar-refractivity contribution < 1.29 is 9.59 Å². The number of pyridine rings is 1. The number of aromatic nitrogens is 3. The van der Waals surface area contributed by atoms with E-state index in [9.17, 15) is 14.4 Å². The fourth-order valence-electron chi connectivity index (χ4n) is 2.08. The van der Waals surface area contributed by atoms with E-state index >= 15 is 0 Å². The van der Waals surface area contributed by atoms with Crippen LogP contribution in [0.25, 0.3) is 5.65 Å². The summed E-state index contributed by atoms with van der Waals surface area (Å²) in [7, 11) is 0. The SMILES string of the molecule is O=C1CCC(n2nc3cc(Br)ccn3c2=O)C(=O)N1. The van der Waals surface area contributed by atoms with Gasteiger partial charge in [0.25, 0.3) is 5.91 Å². The molecule has 0 saturated carbocycles. The molecular formula is C11H9BrN4O3. The first-order valence-corrected chi connectivity index (χ1v) is 6.46. The molecule has 2 aromatic rings. The highest BCUT2D eigenvalue weighted by molar-refractivity contribution is 9.10. The zero-order valence-electron chi connectivity index (χ0n) is 9.67. The lowest BCUT2D eigenvalue weighted by molar-refractivity contribution is -0.136. The summed E-state index contributed by atoms with van der Waals surface area (Å²) < 4.78 is 3.28. The highest BCUT2D eigenvalue weighted by Crippen LogP contribution is 2.17. The van der Waals surface area contributed by atoms with Gasteiger partial charge in [0.2, 0.25) is 5.91 Å². The first kappa shape index (κ1) is 12.1. The summed E-state index contributed by atoms with van der Waals surface area (Å²) in [6.07, 6.45) is 2.08. The topological polar surface area (TPSA) is 85.5 Å². The van der Waals surface area contributed by atoms with Gasteiger partial charge in [0, 0.05) is 17.1 Å². The van der Waals surface area contributed by atoms with E-state index in [1.807, 2.05) is 0 Å². The number of amides is 2. The van der Waals surface area contributed by atoms with Crippen molar-refractivity contribution in [1.82, 2.24) is 19.5 Å². The van der Waals surface area contributed by atoms with Crippen molar-refractivity contribution in [2.45, 2.75) is 18.9 Å². The van der Waals surface area contributed by atoms with Crippen molar-refractivity contribution >= 4 is 33.4 Å². The van der Waals surface area contributed by atoms with E-state index in [1.54, 1.807) is 18.3 Å². The number of piperidine rings is 1. The Labute approximate surface area is 115 Å². The molecular weight excluding hydrogens is 316 g/mol. The van der Waals surface area contributed by atoms with Gasteiger partial charge in [0.1, 0.15) is 6.04 Å². The standard InChI is InChI=1S/C11H9BrN4O3/c12-6-3-4-15-8(5-6)14-16(11(15)19)7-1-2-9(17)13-10(7)18/h3-5,7H,1-2H2,(H,13,17,18). The van der Waals surface area contributed by atoms with Crippen molar-refractivity contribution in [2.75, 3.05) is 0 Å². The molecule has 3 rings (SSSR count). The van der Waals surface area contributed by atoms with Crippen LogP contribution >= 0.6 is 15.9 Å². The number of hydrogen-bond acceptors (Lipinski definition) is 4. The molecule has 0 radical (unpaired) electrons. The van der Waals surface area contributed by atoms with Crippen molar-refractivity contribution in [3.8, 4) is 0 Å². The normalized spacial score (nSPS) is 19.7. The molecule has 0 bridgehead atoms. The van der Waals surface area contributed by atoms with E-state index in [1.165, 1.54) is 4.40 Å². The van der Waals surface area contributed by atoms with Crippen LogP contribution in [0.2, 0.25) is 0 Å². The summed E-state index contributed by atoms with van der Waals surface area (Å²) >= 11 is 3.29. The lowest BCUT2D eigenvalue weighted by atomic mass is 10.1. The Morgan fingerprint density at radius 2 is 2.16 bits per heavy atom. The molecule has 19 heavy (non-hydrogen) atoms. The summed E-state index contributed by atoms with van der Waals surface area (Å²) in [4.78, 5) is 35.0. The average molecular weight is 325 g/mol. The van der Waals surface area contributed by atoms with E-state index in [4.69, 9.17) is 0 Å². The highest BCUT2D eigenvalue weighted by Gasteiger charge is 2.30. The lowest BCUT2D eigenvalue weighted by Crippen LogP contribution is -2.44. The average Bonchev–Trinajstić information content (AvgIpc) is 2.66. The Kier molecular flexibility index (Phi) is 2.74. The Morgan fingerprint density at radius 3 is 2.89 bits per heavy atom. The monoisotopic (exact) mass is 324 g/mol. The zero-order chi connectivity index (χ0) is 13.6. The molecule has 7 nitrogen and oxygen atoms in total. The van der Waals surface area contributed by atoms with Gasteiger partial charge in [-0.25, -0.2) is 4.79 Å². The Morgan fingerprint density at radius 1 is 1.37 bits per heavy atom. The van der Waals surface area contributed by atoms with E-state index in [-0.39, 0.29) is 18.7 Å². The lowest BCUT2D eigenvalue weighted by Gasteiger charge is -2.19. The number of imide groups is 1. The molecule has 1 atom stereocenters. The number of rotatable bonds is 1. The Balaban J connectivity index is 2.10. The molecule has 1 saturated heterocycles. The minimum atomic E-state index is -0.733. The number of halogens is 1. The Bertz CT molecular complexity index is 748. The molecule has 0 aliphatic carbocycles. The van der Waals surface area contributed by atoms with Crippen molar-refractivity contribution in [3.05, 3.63) is 33.3 Å². The minimum Gasteiger partial charge on any atom is -0.295 e. The van der Waals surface area contributed by atoms with Crippen LogP contribution in [0.5, 0.6) is 0 Å². The molecule has 1 aliphatic heterocycles. The van der Waals surface area contributed by atoms with Gasteiger partial charge >= 0.3 is 5.69 Å². The van der Waals surface area contributed by atoms with Gasteiger partial charge in [-0.3, -0.25) is 19.3 Å². The largest absolute Gasteiger partial charge is 0.351 e. The third-order valence-electron chi connectivity index (χ3n) is 3.01. The number of nitrogens with one attached hydrogen (secondary N) is 1. The summed E-state index contributed by atoms with van der Waals surface area (Å²) in [5.74, 6) is -0.804. The summed E-state index contributed by atoms with van der Waals surface area (Å²) in [5, 5.41) is 6.35. The molecule has 2 amide bonds. The Hall–Kier alpha value is -1.96.